The number of likely N-dealkylation sites (N-methyl/N-ethyl adjacent to an activating group) is 1. The van der Waals surface area contributed by atoms with Crippen LogP contribution in [-0.4, -0.2) is 44.1 Å². The van der Waals surface area contributed by atoms with Crippen LogP contribution in [0.25, 0.3) is 0 Å². The van der Waals surface area contributed by atoms with Crippen LogP contribution in [0.1, 0.15) is 38.2 Å². The van der Waals surface area contributed by atoms with Crippen LogP contribution >= 0.6 is 0 Å². The number of hydrogen-bond donors (Lipinski definition) is 1. The number of amides is 1. The number of carbonyl (C=O) groups is 1. The minimum Gasteiger partial charge on any atom is -0.491 e. The van der Waals surface area contributed by atoms with Crippen molar-refractivity contribution in [3.05, 3.63) is 54.1 Å². The lowest BCUT2D eigenvalue weighted by molar-refractivity contribution is -0.117. The summed E-state index contributed by atoms with van der Waals surface area (Å²) in [7, 11) is 1.99. The maximum absolute atomic E-state index is 12.6. The molecule has 1 heterocycles. The molecule has 0 spiro atoms. The van der Waals surface area contributed by atoms with Gasteiger partial charge in [0.1, 0.15) is 5.75 Å². The highest BCUT2D eigenvalue weighted by Gasteiger charge is 2.16. The lowest BCUT2D eigenvalue weighted by atomic mass is 10.1. The van der Waals surface area contributed by atoms with E-state index in [0.29, 0.717) is 13.2 Å². The van der Waals surface area contributed by atoms with Gasteiger partial charge in [-0.2, -0.15) is 0 Å². The topological polar surface area (TPSA) is 44.8 Å². The minimum absolute atomic E-state index is 0.0319. The van der Waals surface area contributed by atoms with Crippen LogP contribution in [0.2, 0.25) is 0 Å². The molecule has 1 aliphatic heterocycles. The van der Waals surface area contributed by atoms with Crippen LogP contribution < -0.4 is 15.0 Å². The molecule has 1 aliphatic rings. The Balaban J connectivity index is 1.59. The van der Waals surface area contributed by atoms with Gasteiger partial charge in [0.15, 0.2) is 0 Å². The second-order valence-electron chi connectivity index (χ2n) is 7.74. The van der Waals surface area contributed by atoms with E-state index in [1.165, 1.54) is 30.5 Å². The summed E-state index contributed by atoms with van der Waals surface area (Å²) in [4.78, 5) is 17.2. The number of para-hydroxylation sites is 3. The predicted octanol–water partition coefficient (Wildman–Crippen LogP) is 4.54. The summed E-state index contributed by atoms with van der Waals surface area (Å²) in [6.07, 6.45) is 4.77. The average molecular weight is 396 g/mol. The minimum atomic E-state index is -0.0319. The van der Waals surface area contributed by atoms with Gasteiger partial charge in [0.2, 0.25) is 5.91 Å². The summed E-state index contributed by atoms with van der Waals surface area (Å²) in [6, 6.07) is 16.2. The van der Waals surface area contributed by atoms with E-state index in [2.05, 4.69) is 46.3 Å². The smallest absolute Gasteiger partial charge is 0.238 e. The Morgan fingerprint density at radius 3 is 2.59 bits per heavy atom. The largest absolute Gasteiger partial charge is 0.491 e. The fourth-order valence-electron chi connectivity index (χ4n) is 3.78. The molecule has 0 saturated carbocycles. The molecular weight excluding hydrogens is 362 g/mol. The molecular formula is C24H33N3O2. The Labute approximate surface area is 174 Å². The number of hydrogen-bond acceptors (Lipinski definition) is 4. The van der Waals surface area contributed by atoms with Gasteiger partial charge < -0.3 is 15.0 Å². The Morgan fingerprint density at radius 1 is 1.07 bits per heavy atom. The first-order chi connectivity index (χ1) is 14.2. The molecule has 156 valence electrons. The Bertz CT molecular complexity index is 787. The van der Waals surface area contributed by atoms with Gasteiger partial charge in [0, 0.05) is 25.3 Å². The van der Waals surface area contributed by atoms with Crippen molar-refractivity contribution < 1.29 is 9.53 Å². The van der Waals surface area contributed by atoms with E-state index >= 15 is 0 Å². The molecule has 0 bridgehead atoms. The van der Waals surface area contributed by atoms with Crippen LogP contribution in [0.15, 0.2) is 48.5 Å². The average Bonchev–Trinajstić information content (AvgIpc) is 2.74. The van der Waals surface area contributed by atoms with Gasteiger partial charge in [-0.15, -0.1) is 0 Å². The predicted molar refractivity (Wildman–Crippen MR) is 120 cm³/mol. The summed E-state index contributed by atoms with van der Waals surface area (Å²) >= 11 is 0. The lowest BCUT2D eigenvalue weighted by Crippen LogP contribution is -2.33. The van der Waals surface area contributed by atoms with Crippen molar-refractivity contribution in [2.24, 2.45) is 0 Å². The molecule has 5 heteroatoms. The number of nitrogens with zero attached hydrogens (tertiary/aromatic N) is 2. The van der Waals surface area contributed by atoms with E-state index < -0.39 is 0 Å². The van der Waals surface area contributed by atoms with E-state index in [9.17, 15) is 4.79 Å². The Kier molecular flexibility index (Phi) is 7.94. The number of anilines is 2. The molecule has 0 unspecified atom stereocenters. The fraction of sp³-hybridized carbons (Fsp3) is 0.458. The molecule has 0 aromatic heterocycles. The van der Waals surface area contributed by atoms with Gasteiger partial charge >= 0.3 is 0 Å². The van der Waals surface area contributed by atoms with Crippen LogP contribution in [0.3, 0.4) is 0 Å². The molecule has 1 fully saturated rings. The molecule has 0 atom stereocenters. The maximum atomic E-state index is 12.6. The van der Waals surface area contributed by atoms with Gasteiger partial charge in [-0.05, 0) is 56.5 Å². The highest BCUT2D eigenvalue weighted by molar-refractivity contribution is 5.93. The molecule has 5 nitrogen and oxygen atoms in total. The van der Waals surface area contributed by atoms with Crippen molar-refractivity contribution in [1.82, 2.24) is 4.90 Å². The van der Waals surface area contributed by atoms with Gasteiger partial charge in [0.25, 0.3) is 0 Å². The second-order valence-corrected chi connectivity index (χ2v) is 7.74. The third-order valence-electron chi connectivity index (χ3n) is 5.16. The van der Waals surface area contributed by atoms with Crippen molar-refractivity contribution in [3.63, 3.8) is 0 Å². The lowest BCUT2D eigenvalue weighted by Gasteiger charge is -2.31. The van der Waals surface area contributed by atoms with Crippen molar-refractivity contribution in [3.8, 4) is 5.75 Å². The van der Waals surface area contributed by atoms with E-state index in [4.69, 9.17) is 4.74 Å². The molecule has 0 aliphatic carbocycles. The summed E-state index contributed by atoms with van der Waals surface area (Å²) in [6.45, 7) is 6.02. The number of benzene rings is 2. The summed E-state index contributed by atoms with van der Waals surface area (Å²) in [5, 5.41) is 3.00. The summed E-state index contributed by atoms with van der Waals surface area (Å²) in [5.74, 6) is 0.691. The molecule has 3 rings (SSSR count). The zero-order chi connectivity index (χ0) is 20.5. The molecule has 0 radical (unpaired) electrons. The second kappa shape index (κ2) is 10.9. The Hall–Kier alpha value is -2.53. The van der Waals surface area contributed by atoms with E-state index in [0.717, 1.165) is 37.5 Å². The SMILES string of the molecule is CCCOc1ccccc1NC(=O)CN(C)Cc1ccccc1N1CCCCC1. The van der Waals surface area contributed by atoms with Crippen molar-refractivity contribution in [1.29, 1.82) is 0 Å². The highest BCUT2D eigenvalue weighted by Crippen LogP contribution is 2.26. The van der Waals surface area contributed by atoms with E-state index in [-0.39, 0.29) is 5.91 Å². The summed E-state index contributed by atoms with van der Waals surface area (Å²) < 4.78 is 5.74. The van der Waals surface area contributed by atoms with Crippen LogP contribution in [-0.2, 0) is 11.3 Å². The van der Waals surface area contributed by atoms with Gasteiger partial charge in [-0.3, -0.25) is 9.69 Å². The number of piperidine rings is 1. The summed E-state index contributed by atoms with van der Waals surface area (Å²) in [5.41, 5.74) is 3.31. The molecule has 29 heavy (non-hydrogen) atoms. The highest BCUT2D eigenvalue weighted by atomic mass is 16.5. The van der Waals surface area contributed by atoms with Crippen molar-refractivity contribution in [2.75, 3.05) is 43.5 Å². The number of carbonyl (C=O) groups excluding carboxylic acids is 1. The first-order valence-corrected chi connectivity index (χ1v) is 10.7. The standard InChI is InChI=1S/C24H33N3O2/c1-3-17-29-23-14-8-6-12-21(23)25-24(28)19-26(2)18-20-11-5-7-13-22(20)27-15-9-4-10-16-27/h5-8,11-14H,3-4,9-10,15-19H2,1-2H3,(H,25,28). The van der Waals surface area contributed by atoms with Gasteiger partial charge in [-0.25, -0.2) is 0 Å². The fourth-order valence-corrected chi connectivity index (χ4v) is 3.78. The number of ether oxygens (including phenoxy) is 1. The maximum Gasteiger partial charge on any atom is 0.238 e. The first-order valence-electron chi connectivity index (χ1n) is 10.7. The van der Waals surface area contributed by atoms with Gasteiger partial charge in [0.05, 0.1) is 18.8 Å². The third kappa shape index (κ3) is 6.23. The van der Waals surface area contributed by atoms with Crippen LogP contribution in [0.4, 0.5) is 11.4 Å². The molecule has 1 saturated heterocycles. The monoisotopic (exact) mass is 395 g/mol. The van der Waals surface area contributed by atoms with E-state index in [1.807, 2.05) is 31.3 Å². The molecule has 2 aromatic rings. The number of rotatable bonds is 9. The third-order valence-corrected chi connectivity index (χ3v) is 5.16. The quantitative estimate of drug-likeness (QED) is 0.677. The normalized spacial score (nSPS) is 14.1. The molecule has 2 aromatic carbocycles. The van der Waals surface area contributed by atoms with Crippen LogP contribution in [0, 0.1) is 0 Å². The van der Waals surface area contributed by atoms with Crippen molar-refractivity contribution in [2.45, 2.75) is 39.2 Å². The zero-order valence-corrected chi connectivity index (χ0v) is 17.7. The molecule has 1 amide bonds. The Morgan fingerprint density at radius 2 is 1.79 bits per heavy atom. The van der Waals surface area contributed by atoms with E-state index in [1.54, 1.807) is 0 Å². The number of nitrogens with one attached hydrogen (secondary N) is 1. The zero-order valence-electron chi connectivity index (χ0n) is 17.7. The van der Waals surface area contributed by atoms with Crippen molar-refractivity contribution >= 4 is 17.3 Å². The van der Waals surface area contributed by atoms with Gasteiger partial charge in [-0.1, -0.05) is 37.3 Å². The first kappa shape index (κ1) is 21.2. The molecule has 1 N–H and O–H groups in total. The van der Waals surface area contributed by atoms with Crippen LogP contribution in [0.5, 0.6) is 5.75 Å².